The number of nitrogens with zero attached hydrogens (tertiary/aromatic N) is 3. The number of anilines is 1. The average molecular weight is 400 g/mol. The third-order valence-corrected chi connectivity index (χ3v) is 7.36. The maximum absolute atomic E-state index is 12.1. The molecule has 0 aromatic carbocycles. The zero-order valence-corrected chi connectivity index (χ0v) is 17.0. The Morgan fingerprint density at radius 2 is 2.08 bits per heavy atom. The van der Waals surface area contributed by atoms with Crippen molar-refractivity contribution in [3.63, 3.8) is 0 Å². The molecule has 146 valence electrons. The van der Waals surface area contributed by atoms with E-state index in [0.717, 1.165) is 45.0 Å². The lowest BCUT2D eigenvalue weighted by atomic mass is 9.86. The monoisotopic (exact) mass is 399 g/mol. The second kappa shape index (κ2) is 9.05. The quantitative estimate of drug-likeness (QED) is 0.532. The summed E-state index contributed by atoms with van der Waals surface area (Å²) in [5.41, 5.74) is 0. The highest BCUT2D eigenvalue weighted by atomic mass is 32.2. The minimum Gasteiger partial charge on any atom is -0.360 e. The fourth-order valence-electron chi connectivity index (χ4n) is 3.23. The highest BCUT2D eigenvalue weighted by Crippen LogP contribution is 2.25. The Balaban J connectivity index is 1.39. The van der Waals surface area contributed by atoms with Gasteiger partial charge in [-0.15, -0.1) is 11.3 Å². The van der Waals surface area contributed by atoms with E-state index in [1.165, 1.54) is 11.4 Å². The van der Waals surface area contributed by atoms with E-state index in [2.05, 4.69) is 42.3 Å². The molecule has 1 aliphatic carbocycles. The maximum Gasteiger partial charge on any atom is 0.213 e. The van der Waals surface area contributed by atoms with Crippen LogP contribution in [0.1, 0.15) is 19.3 Å². The number of nitrogens with one attached hydrogen (secondary N) is 2. The fourth-order valence-corrected chi connectivity index (χ4v) is 5.02. The SMILES string of the molecule is CN=C(NCCS(=O)(=O)NCC1CCC1)N1CCN(c2cccs2)CC1. The van der Waals surface area contributed by atoms with Crippen LogP contribution in [-0.4, -0.2) is 71.3 Å². The molecule has 2 N–H and O–H groups in total. The van der Waals surface area contributed by atoms with E-state index in [-0.39, 0.29) is 5.75 Å². The van der Waals surface area contributed by atoms with Crippen molar-refractivity contribution in [1.29, 1.82) is 0 Å². The molecule has 2 heterocycles. The zero-order chi connectivity index (χ0) is 18.4. The van der Waals surface area contributed by atoms with Gasteiger partial charge >= 0.3 is 0 Å². The predicted octanol–water partition coefficient (Wildman–Crippen LogP) is 1.17. The molecule has 1 aromatic heterocycles. The van der Waals surface area contributed by atoms with Gasteiger partial charge in [-0.25, -0.2) is 13.1 Å². The fraction of sp³-hybridized carbons (Fsp3) is 0.706. The van der Waals surface area contributed by atoms with Gasteiger partial charge in [0.05, 0.1) is 10.8 Å². The Morgan fingerprint density at radius 3 is 2.65 bits per heavy atom. The van der Waals surface area contributed by atoms with Crippen LogP contribution in [0.25, 0.3) is 0 Å². The van der Waals surface area contributed by atoms with Gasteiger partial charge in [0.15, 0.2) is 5.96 Å². The number of hydrogen-bond donors (Lipinski definition) is 2. The van der Waals surface area contributed by atoms with Gasteiger partial charge < -0.3 is 15.1 Å². The third-order valence-electron chi connectivity index (χ3n) is 5.08. The van der Waals surface area contributed by atoms with Crippen molar-refractivity contribution in [3.05, 3.63) is 17.5 Å². The molecule has 26 heavy (non-hydrogen) atoms. The highest BCUT2D eigenvalue weighted by Gasteiger charge is 2.22. The molecular weight excluding hydrogens is 370 g/mol. The van der Waals surface area contributed by atoms with Crippen molar-refractivity contribution in [1.82, 2.24) is 14.9 Å². The standard InChI is InChI=1S/C17H29N5O2S2/c1-18-17(19-7-13-26(23,24)20-14-15-4-2-5-15)22-10-8-21(9-11-22)16-6-3-12-25-16/h3,6,12,15,20H,2,4-5,7-11,13-14H2,1H3,(H,18,19). The number of aliphatic imine (C=N–C) groups is 1. The van der Waals surface area contributed by atoms with E-state index in [0.29, 0.717) is 19.0 Å². The Kier molecular flexibility index (Phi) is 6.77. The van der Waals surface area contributed by atoms with Crippen LogP contribution in [-0.2, 0) is 10.0 Å². The van der Waals surface area contributed by atoms with E-state index in [4.69, 9.17) is 0 Å². The first-order valence-electron chi connectivity index (χ1n) is 9.29. The van der Waals surface area contributed by atoms with Gasteiger partial charge in [0.1, 0.15) is 0 Å². The number of piperazine rings is 1. The summed E-state index contributed by atoms with van der Waals surface area (Å²) in [4.78, 5) is 8.89. The van der Waals surface area contributed by atoms with Crippen LogP contribution in [0.5, 0.6) is 0 Å². The summed E-state index contributed by atoms with van der Waals surface area (Å²) < 4.78 is 26.9. The van der Waals surface area contributed by atoms with Crippen LogP contribution in [0.2, 0.25) is 0 Å². The second-order valence-corrected chi connectivity index (χ2v) is 9.72. The molecule has 1 aliphatic heterocycles. The first-order chi connectivity index (χ1) is 12.6. The summed E-state index contributed by atoms with van der Waals surface area (Å²) in [5.74, 6) is 1.39. The normalized spacial score (nSPS) is 19.5. The zero-order valence-electron chi connectivity index (χ0n) is 15.4. The van der Waals surface area contributed by atoms with Crippen molar-refractivity contribution >= 4 is 32.3 Å². The maximum atomic E-state index is 12.1. The van der Waals surface area contributed by atoms with Crippen LogP contribution in [0.3, 0.4) is 0 Å². The van der Waals surface area contributed by atoms with Crippen LogP contribution in [0, 0.1) is 5.92 Å². The van der Waals surface area contributed by atoms with Crippen molar-refractivity contribution in [2.45, 2.75) is 19.3 Å². The molecular formula is C17H29N5O2S2. The molecule has 2 aliphatic rings. The molecule has 7 nitrogen and oxygen atoms in total. The first kappa shape index (κ1) is 19.4. The number of rotatable bonds is 7. The van der Waals surface area contributed by atoms with E-state index >= 15 is 0 Å². The van der Waals surface area contributed by atoms with Gasteiger partial charge in [-0.05, 0) is 36.3 Å². The lowest BCUT2D eigenvalue weighted by molar-refractivity contribution is 0.316. The molecule has 1 aromatic rings. The number of guanidine groups is 1. The van der Waals surface area contributed by atoms with Gasteiger partial charge in [0.25, 0.3) is 0 Å². The number of hydrogen-bond acceptors (Lipinski definition) is 5. The molecule has 2 fully saturated rings. The summed E-state index contributed by atoms with van der Waals surface area (Å²) in [5, 5.41) is 6.60. The molecule has 0 spiro atoms. The smallest absolute Gasteiger partial charge is 0.213 e. The molecule has 3 rings (SSSR count). The van der Waals surface area contributed by atoms with Crippen molar-refractivity contribution in [2.24, 2.45) is 10.9 Å². The Labute approximate surface area is 160 Å². The lowest BCUT2D eigenvalue weighted by Gasteiger charge is -2.37. The van der Waals surface area contributed by atoms with E-state index in [1.54, 1.807) is 18.4 Å². The van der Waals surface area contributed by atoms with Gasteiger partial charge in [-0.2, -0.15) is 0 Å². The van der Waals surface area contributed by atoms with Crippen LogP contribution >= 0.6 is 11.3 Å². The van der Waals surface area contributed by atoms with Gasteiger partial charge in [-0.1, -0.05) is 6.42 Å². The Bertz CT molecular complexity index is 678. The van der Waals surface area contributed by atoms with Crippen molar-refractivity contribution in [3.8, 4) is 0 Å². The molecule has 0 bridgehead atoms. The lowest BCUT2D eigenvalue weighted by Crippen LogP contribution is -2.53. The summed E-state index contributed by atoms with van der Waals surface area (Å²) in [6.07, 6.45) is 3.51. The third kappa shape index (κ3) is 5.34. The van der Waals surface area contributed by atoms with E-state index in [1.807, 2.05) is 0 Å². The Morgan fingerprint density at radius 1 is 1.31 bits per heavy atom. The minimum atomic E-state index is -3.22. The molecule has 1 saturated carbocycles. The summed E-state index contributed by atoms with van der Waals surface area (Å²) >= 11 is 1.76. The van der Waals surface area contributed by atoms with Gasteiger partial charge in [0.2, 0.25) is 10.0 Å². The molecule has 0 atom stereocenters. The summed E-state index contributed by atoms with van der Waals surface area (Å²) in [6, 6.07) is 4.22. The summed E-state index contributed by atoms with van der Waals surface area (Å²) in [6.45, 7) is 4.61. The number of sulfonamides is 1. The number of thiophene rings is 1. The van der Waals surface area contributed by atoms with Gasteiger partial charge in [0, 0.05) is 46.3 Å². The molecule has 0 amide bonds. The van der Waals surface area contributed by atoms with Gasteiger partial charge in [-0.3, -0.25) is 4.99 Å². The van der Waals surface area contributed by atoms with E-state index < -0.39 is 10.0 Å². The van der Waals surface area contributed by atoms with E-state index in [9.17, 15) is 8.42 Å². The van der Waals surface area contributed by atoms with Crippen molar-refractivity contribution in [2.75, 3.05) is 57.0 Å². The molecule has 0 radical (unpaired) electrons. The van der Waals surface area contributed by atoms with Crippen LogP contribution in [0.4, 0.5) is 5.00 Å². The summed E-state index contributed by atoms with van der Waals surface area (Å²) in [7, 11) is -1.47. The highest BCUT2D eigenvalue weighted by molar-refractivity contribution is 7.89. The molecule has 9 heteroatoms. The predicted molar refractivity (Wildman–Crippen MR) is 109 cm³/mol. The van der Waals surface area contributed by atoms with Crippen LogP contribution < -0.4 is 14.9 Å². The van der Waals surface area contributed by atoms with Crippen molar-refractivity contribution < 1.29 is 8.42 Å². The minimum absolute atomic E-state index is 0.0773. The largest absolute Gasteiger partial charge is 0.360 e. The Hall–Kier alpha value is -1.32. The second-order valence-electron chi connectivity index (χ2n) is 6.86. The average Bonchev–Trinajstić information content (AvgIpc) is 3.12. The van der Waals surface area contributed by atoms with Crippen LogP contribution in [0.15, 0.2) is 22.5 Å². The molecule has 1 saturated heterocycles. The molecule has 0 unspecified atom stereocenters. The first-order valence-corrected chi connectivity index (χ1v) is 11.8. The topological polar surface area (TPSA) is 77.0 Å².